The number of nitrogens with zero attached hydrogens (tertiary/aromatic N) is 1. The zero-order valence-electron chi connectivity index (χ0n) is 8.97. The summed E-state index contributed by atoms with van der Waals surface area (Å²) in [5.74, 6) is 0.718. The molecule has 0 heterocycles. The molecule has 0 unspecified atom stereocenters. The van der Waals surface area contributed by atoms with Crippen LogP contribution < -0.4 is 4.74 Å². The number of benzene rings is 1. The molecule has 78 valence electrons. The van der Waals surface area contributed by atoms with Crippen LogP contribution >= 0.6 is 15.9 Å². The molecule has 0 radical (unpaired) electrons. The lowest BCUT2D eigenvalue weighted by Crippen LogP contribution is -1.92. The van der Waals surface area contributed by atoms with E-state index in [9.17, 15) is 0 Å². The Labute approximate surface area is 98.3 Å². The van der Waals surface area contributed by atoms with E-state index in [1.807, 2.05) is 32.0 Å². The van der Waals surface area contributed by atoms with Crippen LogP contribution in [0.1, 0.15) is 19.4 Å². The summed E-state index contributed by atoms with van der Waals surface area (Å²) in [5.41, 5.74) is 2.47. The summed E-state index contributed by atoms with van der Waals surface area (Å²) in [6, 6.07) is 7.83. The van der Waals surface area contributed by atoms with Crippen molar-refractivity contribution < 1.29 is 4.74 Å². The Balaban J connectivity index is 3.42. The van der Waals surface area contributed by atoms with E-state index in [0.29, 0.717) is 5.57 Å². The molecule has 2 nitrogen and oxygen atoms in total. The minimum Gasteiger partial charge on any atom is -0.496 e. The van der Waals surface area contributed by atoms with Crippen molar-refractivity contribution >= 4 is 21.5 Å². The second-order valence-corrected chi connectivity index (χ2v) is 4.25. The molecule has 0 aromatic heterocycles. The fourth-order valence-electron chi connectivity index (χ4n) is 1.32. The van der Waals surface area contributed by atoms with Crippen molar-refractivity contribution in [2.75, 3.05) is 7.11 Å². The molecular formula is C12H12BrNO. The van der Waals surface area contributed by atoms with Gasteiger partial charge in [-0.3, -0.25) is 0 Å². The van der Waals surface area contributed by atoms with Crippen LogP contribution in [-0.4, -0.2) is 7.11 Å². The maximum Gasteiger partial charge on any atom is 0.127 e. The van der Waals surface area contributed by atoms with E-state index in [1.54, 1.807) is 7.11 Å². The number of allylic oxidation sites excluding steroid dienone is 2. The number of rotatable bonds is 2. The summed E-state index contributed by atoms with van der Waals surface area (Å²) in [4.78, 5) is 0. The third-order valence-corrected chi connectivity index (χ3v) is 2.54. The molecule has 0 bridgehead atoms. The van der Waals surface area contributed by atoms with E-state index in [4.69, 9.17) is 10.00 Å². The van der Waals surface area contributed by atoms with Crippen LogP contribution in [0.25, 0.3) is 5.57 Å². The second-order valence-electron chi connectivity index (χ2n) is 3.33. The van der Waals surface area contributed by atoms with E-state index < -0.39 is 0 Å². The van der Waals surface area contributed by atoms with Gasteiger partial charge in [0.05, 0.1) is 18.8 Å². The maximum atomic E-state index is 9.08. The van der Waals surface area contributed by atoms with Gasteiger partial charge in [0, 0.05) is 10.0 Å². The first-order valence-corrected chi connectivity index (χ1v) is 5.31. The molecule has 0 saturated heterocycles. The molecule has 0 spiro atoms. The van der Waals surface area contributed by atoms with Crippen molar-refractivity contribution in [1.29, 1.82) is 5.26 Å². The number of methoxy groups -OCH3 is 1. The second kappa shape index (κ2) is 4.99. The first kappa shape index (κ1) is 11.8. The number of ether oxygens (including phenoxy) is 1. The first-order chi connectivity index (χ1) is 7.10. The van der Waals surface area contributed by atoms with Gasteiger partial charge in [-0.25, -0.2) is 0 Å². The molecule has 1 aromatic rings. The van der Waals surface area contributed by atoms with E-state index in [2.05, 4.69) is 22.0 Å². The average molecular weight is 266 g/mol. The van der Waals surface area contributed by atoms with Crippen LogP contribution in [0, 0.1) is 11.3 Å². The molecule has 0 N–H and O–H groups in total. The smallest absolute Gasteiger partial charge is 0.127 e. The molecule has 15 heavy (non-hydrogen) atoms. The van der Waals surface area contributed by atoms with Crippen LogP contribution in [-0.2, 0) is 0 Å². The van der Waals surface area contributed by atoms with Gasteiger partial charge >= 0.3 is 0 Å². The van der Waals surface area contributed by atoms with Crippen LogP contribution in [0.15, 0.2) is 28.2 Å². The summed E-state index contributed by atoms with van der Waals surface area (Å²) in [6.07, 6.45) is 0. The Bertz CT molecular complexity index is 439. The highest BCUT2D eigenvalue weighted by molar-refractivity contribution is 9.10. The van der Waals surface area contributed by atoms with Crippen molar-refractivity contribution in [3.63, 3.8) is 0 Å². The van der Waals surface area contributed by atoms with Gasteiger partial charge in [0.2, 0.25) is 0 Å². The van der Waals surface area contributed by atoms with Crippen molar-refractivity contribution in [2.24, 2.45) is 0 Å². The van der Waals surface area contributed by atoms with Gasteiger partial charge < -0.3 is 4.74 Å². The van der Waals surface area contributed by atoms with Gasteiger partial charge in [0.1, 0.15) is 5.75 Å². The minimum absolute atomic E-state index is 0.660. The van der Waals surface area contributed by atoms with Crippen LogP contribution in [0.5, 0.6) is 5.75 Å². The fourth-order valence-corrected chi connectivity index (χ4v) is 1.68. The Kier molecular flexibility index (Phi) is 3.93. The lowest BCUT2D eigenvalue weighted by molar-refractivity contribution is 0.413. The van der Waals surface area contributed by atoms with E-state index >= 15 is 0 Å². The van der Waals surface area contributed by atoms with Crippen LogP contribution in [0.2, 0.25) is 0 Å². The van der Waals surface area contributed by atoms with E-state index in [-0.39, 0.29) is 0 Å². The molecule has 0 aliphatic rings. The molecular weight excluding hydrogens is 254 g/mol. The molecule has 0 aliphatic heterocycles. The topological polar surface area (TPSA) is 33.0 Å². The normalized spacial score (nSPS) is 9.27. The van der Waals surface area contributed by atoms with Gasteiger partial charge in [-0.05, 0) is 32.0 Å². The number of hydrogen-bond donors (Lipinski definition) is 0. The number of nitriles is 1. The molecule has 0 saturated carbocycles. The molecule has 3 heteroatoms. The lowest BCUT2D eigenvalue weighted by Gasteiger charge is -2.09. The van der Waals surface area contributed by atoms with Gasteiger partial charge in [-0.2, -0.15) is 5.26 Å². The van der Waals surface area contributed by atoms with Crippen molar-refractivity contribution in [3.8, 4) is 11.8 Å². The number of hydrogen-bond acceptors (Lipinski definition) is 2. The number of halogens is 1. The van der Waals surface area contributed by atoms with Crippen molar-refractivity contribution in [2.45, 2.75) is 13.8 Å². The van der Waals surface area contributed by atoms with Gasteiger partial charge in [-0.1, -0.05) is 21.5 Å². The molecule has 0 aliphatic carbocycles. The average Bonchev–Trinajstić information content (AvgIpc) is 2.18. The zero-order valence-corrected chi connectivity index (χ0v) is 10.6. The highest BCUT2D eigenvalue weighted by Gasteiger charge is 2.09. The third kappa shape index (κ3) is 2.60. The molecule has 0 fully saturated rings. The van der Waals surface area contributed by atoms with E-state index in [0.717, 1.165) is 21.4 Å². The summed E-state index contributed by atoms with van der Waals surface area (Å²) in [7, 11) is 1.60. The lowest BCUT2D eigenvalue weighted by atomic mass is 10.0. The van der Waals surface area contributed by atoms with Gasteiger partial charge in [0.25, 0.3) is 0 Å². The van der Waals surface area contributed by atoms with Crippen molar-refractivity contribution in [1.82, 2.24) is 0 Å². The summed E-state index contributed by atoms with van der Waals surface area (Å²) >= 11 is 3.38. The largest absolute Gasteiger partial charge is 0.496 e. The highest BCUT2D eigenvalue weighted by atomic mass is 79.9. The molecule has 1 rings (SSSR count). The predicted molar refractivity (Wildman–Crippen MR) is 64.6 cm³/mol. The van der Waals surface area contributed by atoms with E-state index in [1.165, 1.54) is 0 Å². The molecule has 1 aromatic carbocycles. The molecule has 0 atom stereocenters. The fraction of sp³-hybridized carbons (Fsp3) is 0.250. The standard InChI is InChI=1S/C12H12BrNO/c1-8(2)11(7-14)10-6-9(13)4-5-12(10)15-3/h4-6H,1-3H3. The monoisotopic (exact) mass is 265 g/mol. The maximum absolute atomic E-state index is 9.08. The van der Waals surface area contributed by atoms with Gasteiger partial charge in [0.15, 0.2) is 0 Å². The third-order valence-electron chi connectivity index (χ3n) is 2.04. The Morgan fingerprint density at radius 3 is 2.53 bits per heavy atom. The zero-order chi connectivity index (χ0) is 11.4. The quantitative estimate of drug-likeness (QED) is 0.763. The predicted octanol–water partition coefficient (Wildman–Crippen LogP) is 3.77. The first-order valence-electron chi connectivity index (χ1n) is 4.51. The van der Waals surface area contributed by atoms with Gasteiger partial charge in [-0.15, -0.1) is 0 Å². The Hall–Kier alpha value is -1.27. The minimum atomic E-state index is 0.660. The Morgan fingerprint density at radius 1 is 1.40 bits per heavy atom. The van der Waals surface area contributed by atoms with Crippen LogP contribution in [0.3, 0.4) is 0 Å². The highest BCUT2D eigenvalue weighted by Crippen LogP contribution is 2.30. The Morgan fingerprint density at radius 2 is 2.07 bits per heavy atom. The molecule has 0 amide bonds. The van der Waals surface area contributed by atoms with Crippen molar-refractivity contribution in [3.05, 3.63) is 33.8 Å². The summed E-state index contributed by atoms with van der Waals surface area (Å²) in [6.45, 7) is 3.83. The SMILES string of the molecule is COc1ccc(Br)cc1C(C#N)=C(C)C. The van der Waals surface area contributed by atoms with Crippen LogP contribution in [0.4, 0.5) is 0 Å². The summed E-state index contributed by atoms with van der Waals surface area (Å²) < 4.78 is 6.16. The summed E-state index contributed by atoms with van der Waals surface area (Å²) in [5, 5.41) is 9.08.